The second-order valence-corrected chi connectivity index (χ2v) is 5.55. The van der Waals surface area contributed by atoms with Crippen molar-refractivity contribution < 1.29 is 4.55 Å². The van der Waals surface area contributed by atoms with Gasteiger partial charge in [-0.15, -0.1) is 0 Å². The maximum Gasteiger partial charge on any atom is 0.219 e. The SMILES string of the molecule is CN=c1[nH][s+]([O-])[nH]c1=NCCCN(C)I. The summed E-state index contributed by atoms with van der Waals surface area (Å²) in [6.07, 6.45) is 0.967. The third-order valence-electron chi connectivity index (χ3n) is 1.72. The molecule has 0 fully saturated rings. The Morgan fingerprint density at radius 3 is 2.73 bits per heavy atom. The van der Waals surface area contributed by atoms with Crippen molar-refractivity contribution in [1.82, 2.24) is 11.9 Å². The highest BCUT2D eigenvalue weighted by Gasteiger charge is 1.97. The van der Waals surface area contributed by atoms with E-state index in [-0.39, 0.29) is 0 Å². The first kappa shape index (κ1) is 12.9. The van der Waals surface area contributed by atoms with E-state index in [0.29, 0.717) is 17.5 Å². The van der Waals surface area contributed by atoms with Gasteiger partial charge in [-0.25, -0.2) is 0 Å². The Bertz CT molecular complexity index is 418. The van der Waals surface area contributed by atoms with Crippen LogP contribution >= 0.6 is 34.0 Å². The Kier molecular flexibility index (Phi) is 5.50. The normalized spacial score (nSPS) is 15.4. The topological polar surface area (TPSA) is 82.6 Å². The first-order chi connectivity index (χ1) is 7.13. The van der Waals surface area contributed by atoms with Crippen molar-refractivity contribution in [2.75, 3.05) is 27.2 Å². The molecule has 1 atom stereocenters. The molecule has 1 heterocycles. The molecule has 0 aromatic carbocycles. The molecule has 0 aliphatic carbocycles. The van der Waals surface area contributed by atoms with Crippen molar-refractivity contribution in [2.24, 2.45) is 9.98 Å². The van der Waals surface area contributed by atoms with Gasteiger partial charge in [-0.1, -0.05) is 0 Å². The Morgan fingerprint density at radius 1 is 1.47 bits per heavy atom. The number of hydrogen-bond donors (Lipinski definition) is 2. The predicted molar refractivity (Wildman–Crippen MR) is 67.0 cm³/mol. The van der Waals surface area contributed by atoms with Crippen LogP contribution in [0.1, 0.15) is 6.42 Å². The van der Waals surface area contributed by atoms with Gasteiger partial charge < -0.3 is 4.55 Å². The maximum atomic E-state index is 11.1. The van der Waals surface area contributed by atoms with Gasteiger partial charge in [0.1, 0.15) is 11.1 Å². The van der Waals surface area contributed by atoms with Gasteiger partial charge in [-0.05, 0) is 13.5 Å². The molecule has 86 valence electrons. The number of rotatable bonds is 4. The molecule has 0 radical (unpaired) electrons. The summed E-state index contributed by atoms with van der Waals surface area (Å²) < 4.78 is 18.5. The lowest BCUT2D eigenvalue weighted by Crippen LogP contribution is -2.25. The van der Waals surface area contributed by atoms with Crippen molar-refractivity contribution in [3.05, 3.63) is 11.0 Å². The Balaban J connectivity index is 2.66. The van der Waals surface area contributed by atoms with Crippen LogP contribution < -0.4 is 11.0 Å². The molecule has 0 aliphatic heterocycles. The number of aromatic amines is 2. The van der Waals surface area contributed by atoms with Gasteiger partial charge in [0, 0.05) is 43.0 Å². The maximum absolute atomic E-state index is 11.1. The smallest absolute Gasteiger partial charge is 0.219 e. The lowest BCUT2D eigenvalue weighted by atomic mass is 10.4. The van der Waals surface area contributed by atoms with Crippen LogP contribution in [0, 0.1) is 0 Å². The fourth-order valence-electron chi connectivity index (χ4n) is 1.04. The molecule has 0 amide bonds. The van der Waals surface area contributed by atoms with Crippen molar-refractivity contribution in [3.63, 3.8) is 0 Å². The molecule has 0 spiro atoms. The van der Waals surface area contributed by atoms with Crippen LogP contribution in [0.3, 0.4) is 0 Å². The van der Waals surface area contributed by atoms with Gasteiger partial charge in [0.15, 0.2) is 0 Å². The second kappa shape index (κ2) is 6.40. The number of nitrogens with zero attached hydrogens (tertiary/aromatic N) is 3. The Morgan fingerprint density at radius 2 is 2.13 bits per heavy atom. The molecule has 8 heteroatoms. The summed E-state index contributed by atoms with van der Waals surface area (Å²) in [7, 11) is 3.65. The van der Waals surface area contributed by atoms with Gasteiger partial charge in [0.05, 0.1) is 0 Å². The highest BCUT2D eigenvalue weighted by molar-refractivity contribution is 14.1. The first-order valence-electron chi connectivity index (χ1n) is 4.47. The van der Waals surface area contributed by atoms with E-state index in [1.54, 1.807) is 7.05 Å². The summed E-state index contributed by atoms with van der Waals surface area (Å²) in [6.45, 7) is 1.68. The quantitative estimate of drug-likeness (QED) is 0.354. The van der Waals surface area contributed by atoms with Crippen LogP contribution in [0.4, 0.5) is 0 Å². The Labute approximate surface area is 105 Å². The van der Waals surface area contributed by atoms with E-state index in [1.165, 1.54) is 0 Å². The van der Waals surface area contributed by atoms with Crippen LogP contribution in [-0.2, 0) is 0 Å². The van der Waals surface area contributed by atoms with E-state index < -0.39 is 11.1 Å². The lowest BCUT2D eigenvalue weighted by Gasteiger charge is -2.03. The number of aromatic nitrogens is 2. The molecule has 1 aromatic rings. The third-order valence-corrected chi connectivity index (χ3v) is 2.96. The van der Waals surface area contributed by atoms with Crippen molar-refractivity contribution in [3.8, 4) is 0 Å². The average molecular weight is 343 g/mol. The molecule has 15 heavy (non-hydrogen) atoms. The molecule has 6 nitrogen and oxygen atoms in total. The summed E-state index contributed by atoms with van der Waals surface area (Å²) in [5.74, 6) is 0. The highest BCUT2D eigenvalue weighted by Crippen LogP contribution is 1.94. The number of hydrogen-bond acceptors (Lipinski definition) is 4. The monoisotopic (exact) mass is 343 g/mol. The summed E-state index contributed by atoms with van der Waals surface area (Å²) >= 11 is 0.959. The Hall–Kier alpha value is -0.190. The first-order valence-corrected chi connectivity index (χ1v) is 6.58. The molecule has 0 saturated carbocycles. The minimum Gasteiger partial charge on any atom is -0.549 e. The fourth-order valence-corrected chi connectivity index (χ4v) is 2.13. The van der Waals surface area contributed by atoms with Crippen LogP contribution in [0.5, 0.6) is 0 Å². The molecule has 1 unspecified atom stereocenters. The van der Waals surface area contributed by atoms with Crippen LogP contribution in [-0.4, -0.2) is 43.6 Å². The standard InChI is InChI=1S/C7H14IN5OS/c1-9-6-7(12-15(14)11-6)10-4-3-5-13(2)8/h3-5H2,1-2H3,(H,9,11)(H,10,12). The third kappa shape index (κ3) is 4.45. The summed E-state index contributed by atoms with van der Waals surface area (Å²) in [5, 5.41) is 0. The fraction of sp³-hybridized carbons (Fsp3) is 0.714. The van der Waals surface area contributed by atoms with Crippen molar-refractivity contribution in [2.45, 2.75) is 6.42 Å². The molecule has 2 N–H and O–H groups in total. The van der Waals surface area contributed by atoms with Crippen LogP contribution in [0.15, 0.2) is 9.98 Å². The van der Waals surface area contributed by atoms with E-state index >= 15 is 0 Å². The largest absolute Gasteiger partial charge is 0.549 e. The summed E-state index contributed by atoms with van der Waals surface area (Å²) in [6, 6.07) is 0. The summed E-state index contributed by atoms with van der Waals surface area (Å²) in [4.78, 5) is 8.23. The van der Waals surface area contributed by atoms with Gasteiger partial charge in [0.25, 0.3) is 0 Å². The second-order valence-electron chi connectivity index (χ2n) is 2.96. The molecular weight excluding hydrogens is 329 g/mol. The molecule has 0 bridgehead atoms. The van der Waals surface area contributed by atoms with Crippen molar-refractivity contribution >= 4 is 34.0 Å². The molecule has 1 rings (SSSR count). The van der Waals surface area contributed by atoms with E-state index in [2.05, 4.69) is 44.7 Å². The number of H-pyrrole nitrogens is 2. The minimum absolute atomic E-state index is 0.566. The van der Waals surface area contributed by atoms with Crippen LogP contribution in [0.25, 0.3) is 0 Å². The highest BCUT2D eigenvalue weighted by atomic mass is 127. The van der Waals surface area contributed by atoms with E-state index in [9.17, 15) is 4.55 Å². The van der Waals surface area contributed by atoms with Gasteiger partial charge in [0.2, 0.25) is 11.0 Å². The summed E-state index contributed by atoms with van der Waals surface area (Å²) in [5.41, 5.74) is 1.16. The molecule has 0 aliphatic rings. The van der Waals surface area contributed by atoms with E-state index in [4.69, 9.17) is 0 Å². The van der Waals surface area contributed by atoms with Gasteiger partial charge >= 0.3 is 0 Å². The zero-order valence-electron chi connectivity index (χ0n) is 8.66. The van der Waals surface area contributed by atoms with Gasteiger partial charge in [-0.3, -0.25) is 13.1 Å². The van der Waals surface area contributed by atoms with E-state index in [0.717, 1.165) is 13.0 Å². The lowest BCUT2D eigenvalue weighted by molar-refractivity contribution is 0.580. The van der Waals surface area contributed by atoms with Crippen LogP contribution in [0.2, 0.25) is 0 Å². The van der Waals surface area contributed by atoms with E-state index in [1.807, 2.05) is 7.05 Å². The minimum atomic E-state index is -1.27. The van der Waals surface area contributed by atoms with Crippen molar-refractivity contribution in [1.29, 1.82) is 0 Å². The zero-order chi connectivity index (χ0) is 11.3. The zero-order valence-corrected chi connectivity index (χ0v) is 11.6. The molecule has 0 saturated heterocycles. The number of halogens is 1. The average Bonchev–Trinajstić information content (AvgIpc) is 2.53. The molecule has 1 aromatic heterocycles. The van der Waals surface area contributed by atoms with Gasteiger partial charge in [-0.2, -0.15) is 8.75 Å². The molecular formula is C7H14IN5OS. The predicted octanol–water partition coefficient (Wildman–Crippen LogP) is 0.173. The number of nitrogens with one attached hydrogen (secondary N) is 2.